The van der Waals surface area contributed by atoms with Gasteiger partial charge in [-0.1, -0.05) is 44.2 Å². The summed E-state index contributed by atoms with van der Waals surface area (Å²) in [6.45, 7) is 4.68. The molecule has 0 bridgehead atoms. The fourth-order valence-electron chi connectivity index (χ4n) is 3.35. The average molecular weight is 452 g/mol. The molecule has 0 saturated carbocycles. The van der Waals surface area contributed by atoms with E-state index in [0.29, 0.717) is 24.3 Å². The van der Waals surface area contributed by atoms with Crippen molar-refractivity contribution in [1.29, 1.82) is 0 Å². The van der Waals surface area contributed by atoms with Crippen LogP contribution in [-0.4, -0.2) is 29.8 Å². The molecule has 0 spiro atoms. The van der Waals surface area contributed by atoms with Crippen molar-refractivity contribution in [3.63, 3.8) is 0 Å². The highest BCUT2D eigenvalue weighted by Gasteiger charge is 2.25. The van der Waals surface area contributed by atoms with E-state index in [4.69, 9.17) is 5.73 Å². The van der Waals surface area contributed by atoms with Gasteiger partial charge in [0.1, 0.15) is 11.6 Å². The molecular weight excluding hydrogens is 424 g/mol. The van der Waals surface area contributed by atoms with Crippen LogP contribution in [0, 0.1) is 17.0 Å². The number of hydrogen-bond donors (Lipinski definition) is 2. The van der Waals surface area contributed by atoms with E-state index >= 15 is 0 Å². The van der Waals surface area contributed by atoms with E-state index in [0.717, 1.165) is 23.8 Å². The second-order valence-corrected chi connectivity index (χ2v) is 8.70. The minimum atomic E-state index is -0.810. The summed E-state index contributed by atoms with van der Waals surface area (Å²) in [4.78, 5) is 27.0. The van der Waals surface area contributed by atoms with Gasteiger partial charge in [0.25, 0.3) is 11.8 Å². The van der Waals surface area contributed by atoms with Crippen LogP contribution in [0.25, 0.3) is 0 Å². The van der Waals surface area contributed by atoms with Gasteiger partial charge >= 0.3 is 0 Å². The molecule has 0 heterocycles. The fraction of sp³-hybridized carbons (Fsp3) is 0.231. The largest absolute Gasteiger partial charge is 0.334 e. The summed E-state index contributed by atoms with van der Waals surface area (Å²) in [6.07, 6.45) is 0. The van der Waals surface area contributed by atoms with Crippen LogP contribution in [0.2, 0.25) is 0 Å². The van der Waals surface area contributed by atoms with E-state index in [-0.39, 0.29) is 18.0 Å². The van der Waals surface area contributed by atoms with Gasteiger partial charge in [-0.05, 0) is 53.9 Å². The van der Waals surface area contributed by atoms with Gasteiger partial charge in [-0.15, -0.1) is 0 Å². The first-order valence-corrected chi connectivity index (χ1v) is 10.6. The van der Waals surface area contributed by atoms with Crippen molar-refractivity contribution in [2.24, 2.45) is 11.1 Å². The summed E-state index contributed by atoms with van der Waals surface area (Å²) < 4.78 is 27.4. The summed E-state index contributed by atoms with van der Waals surface area (Å²) in [6, 6.07) is 18.7. The number of nitrogens with two attached hydrogens (primary N) is 1. The molecule has 3 aromatic rings. The predicted molar refractivity (Wildman–Crippen MR) is 125 cm³/mol. The van der Waals surface area contributed by atoms with Gasteiger partial charge in [0.2, 0.25) is 0 Å². The third kappa shape index (κ3) is 6.70. The highest BCUT2D eigenvalue weighted by molar-refractivity contribution is 6.04. The first kappa shape index (κ1) is 24.1. The van der Waals surface area contributed by atoms with Gasteiger partial charge in [-0.2, -0.15) is 0 Å². The molecule has 0 unspecified atom stereocenters. The quantitative estimate of drug-likeness (QED) is 0.514. The van der Waals surface area contributed by atoms with Crippen LogP contribution in [0.1, 0.15) is 40.1 Å². The van der Waals surface area contributed by atoms with E-state index in [1.54, 1.807) is 48.5 Å². The van der Waals surface area contributed by atoms with Crippen molar-refractivity contribution in [2.75, 3.05) is 18.4 Å². The Morgan fingerprint density at radius 2 is 1.52 bits per heavy atom. The normalized spacial score (nSPS) is 11.2. The second-order valence-electron chi connectivity index (χ2n) is 8.70. The van der Waals surface area contributed by atoms with E-state index < -0.39 is 23.0 Å². The number of carbonyl (C=O) groups excluding carboxylic acids is 2. The van der Waals surface area contributed by atoms with Gasteiger partial charge in [0.05, 0.1) is 0 Å². The Morgan fingerprint density at radius 1 is 0.909 bits per heavy atom. The molecule has 5 nitrogen and oxygen atoms in total. The van der Waals surface area contributed by atoms with Crippen LogP contribution in [0.5, 0.6) is 0 Å². The zero-order chi connectivity index (χ0) is 24.0. The number of hydrogen-bond acceptors (Lipinski definition) is 3. The lowest BCUT2D eigenvalue weighted by molar-refractivity contribution is 0.0672. The fourth-order valence-corrected chi connectivity index (χ4v) is 3.35. The van der Waals surface area contributed by atoms with Crippen molar-refractivity contribution in [3.05, 3.63) is 101 Å². The molecule has 33 heavy (non-hydrogen) atoms. The van der Waals surface area contributed by atoms with Crippen LogP contribution < -0.4 is 11.1 Å². The van der Waals surface area contributed by atoms with E-state index in [1.807, 2.05) is 19.9 Å². The number of halogens is 2. The third-order valence-corrected chi connectivity index (χ3v) is 5.19. The van der Waals surface area contributed by atoms with Crippen LogP contribution in [-0.2, 0) is 6.54 Å². The Morgan fingerprint density at radius 3 is 2.09 bits per heavy atom. The Labute approximate surface area is 192 Å². The zero-order valence-corrected chi connectivity index (χ0v) is 18.6. The van der Waals surface area contributed by atoms with E-state index in [2.05, 4.69) is 5.32 Å². The summed E-state index contributed by atoms with van der Waals surface area (Å²) >= 11 is 0. The molecule has 3 N–H and O–H groups in total. The summed E-state index contributed by atoms with van der Waals surface area (Å²) in [5.74, 6) is -2.33. The summed E-state index contributed by atoms with van der Waals surface area (Å²) in [5.41, 5.74) is 7.34. The molecule has 0 fully saturated rings. The molecule has 0 atom stereocenters. The molecule has 0 aliphatic carbocycles. The second kappa shape index (κ2) is 10.4. The highest BCUT2D eigenvalue weighted by Crippen LogP contribution is 2.21. The number of anilines is 1. The third-order valence-electron chi connectivity index (χ3n) is 5.19. The number of benzene rings is 3. The van der Waals surface area contributed by atoms with Crippen molar-refractivity contribution < 1.29 is 18.4 Å². The molecule has 0 aliphatic rings. The lowest BCUT2D eigenvalue weighted by Gasteiger charge is -2.32. The minimum Gasteiger partial charge on any atom is -0.334 e. The number of rotatable bonds is 8. The molecule has 3 rings (SSSR count). The lowest BCUT2D eigenvalue weighted by atomic mass is 9.92. The van der Waals surface area contributed by atoms with Crippen molar-refractivity contribution >= 4 is 17.5 Å². The Hall–Kier alpha value is -3.58. The van der Waals surface area contributed by atoms with Crippen molar-refractivity contribution in [3.8, 4) is 0 Å². The van der Waals surface area contributed by atoms with Crippen LogP contribution in [0.15, 0.2) is 72.8 Å². The number of carbonyl (C=O) groups is 2. The highest BCUT2D eigenvalue weighted by atomic mass is 19.1. The topological polar surface area (TPSA) is 75.4 Å². The maximum Gasteiger partial charge on any atom is 0.255 e. The van der Waals surface area contributed by atoms with Crippen molar-refractivity contribution in [2.45, 2.75) is 20.4 Å². The maximum atomic E-state index is 13.7. The van der Waals surface area contributed by atoms with Crippen LogP contribution >= 0.6 is 0 Å². The molecule has 0 aromatic heterocycles. The molecule has 172 valence electrons. The Balaban J connectivity index is 1.77. The SMILES string of the molecule is CC(C)(CN)CN(Cc1ccc(NC(=O)c2ccccc2)cc1)C(=O)c1cc(F)cc(F)c1. The number of amides is 2. The Bertz CT molecular complexity index is 1100. The Kier molecular flexibility index (Phi) is 7.55. The zero-order valence-electron chi connectivity index (χ0n) is 18.6. The summed E-state index contributed by atoms with van der Waals surface area (Å²) in [5, 5.41) is 2.83. The van der Waals surface area contributed by atoms with Crippen LogP contribution in [0.3, 0.4) is 0 Å². The maximum absolute atomic E-state index is 13.7. The molecule has 2 amide bonds. The smallest absolute Gasteiger partial charge is 0.255 e. The molecular formula is C26H27F2N3O2. The summed E-state index contributed by atoms with van der Waals surface area (Å²) in [7, 11) is 0. The molecule has 0 aliphatic heterocycles. The molecule has 7 heteroatoms. The van der Waals surface area contributed by atoms with E-state index in [9.17, 15) is 18.4 Å². The monoisotopic (exact) mass is 451 g/mol. The van der Waals surface area contributed by atoms with E-state index in [1.165, 1.54) is 4.90 Å². The van der Waals surface area contributed by atoms with Gasteiger partial charge in [0, 0.05) is 36.0 Å². The molecule has 0 saturated heterocycles. The first-order valence-electron chi connectivity index (χ1n) is 10.6. The average Bonchev–Trinajstić information content (AvgIpc) is 2.79. The number of nitrogens with zero attached hydrogens (tertiary/aromatic N) is 1. The molecule has 3 aromatic carbocycles. The first-order chi connectivity index (χ1) is 15.7. The molecule has 0 radical (unpaired) electrons. The van der Waals surface area contributed by atoms with Crippen molar-refractivity contribution in [1.82, 2.24) is 4.90 Å². The van der Waals surface area contributed by atoms with Gasteiger partial charge < -0.3 is 16.0 Å². The van der Waals surface area contributed by atoms with Gasteiger partial charge in [-0.25, -0.2) is 8.78 Å². The minimum absolute atomic E-state index is 0.0629. The number of nitrogens with one attached hydrogen (secondary N) is 1. The van der Waals surface area contributed by atoms with Crippen LogP contribution in [0.4, 0.5) is 14.5 Å². The van der Waals surface area contributed by atoms with Gasteiger partial charge in [0.15, 0.2) is 0 Å². The standard InChI is InChI=1S/C26H27F2N3O2/c1-26(2,16-29)17-31(25(33)20-12-21(27)14-22(28)13-20)15-18-8-10-23(11-9-18)30-24(32)19-6-4-3-5-7-19/h3-14H,15-17,29H2,1-2H3,(H,30,32). The predicted octanol–water partition coefficient (Wildman–Crippen LogP) is 4.84. The van der Waals surface area contributed by atoms with Gasteiger partial charge in [-0.3, -0.25) is 9.59 Å². The lowest BCUT2D eigenvalue weighted by Crippen LogP contribution is -2.41.